The SMILES string of the molecule is CCCCc1ccc(Oc2ccc(CN)c(Cl)c2)cc1. The van der Waals surface area contributed by atoms with Crippen LogP contribution in [-0.2, 0) is 13.0 Å². The van der Waals surface area contributed by atoms with Crippen LogP contribution in [-0.4, -0.2) is 0 Å². The van der Waals surface area contributed by atoms with Gasteiger partial charge >= 0.3 is 0 Å². The Morgan fingerprint density at radius 2 is 1.75 bits per heavy atom. The lowest BCUT2D eigenvalue weighted by Gasteiger charge is -2.08. The first kappa shape index (κ1) is 14.9. The van der Waals surface area contributed by atoms with Crippen LogP contribution in [0.25, 0.3) is 0 Å². The maximum absolute atomic E-state index is 6.12. The summed E-state index contributed by atoms with van der Waals surface area (Å²) in [6.07, 6.45) is 3.55. The third-order valence-electron chi connectivity index (χ3n) is 3.22. The summed E-state index contributed by atoms with van der Waals surface area (Å²) in [5.41, 5.74) is 7.85. The van der Waals surface area contributed by atoms with Gasteiger partial charge in [-0.1, -0.05) is 43.1 Å². The number of ether oxygens (including phenoxy) is 1. The highest BCUT2D eigenvalue weighted by atomic mass is 35.5. The minimum Gasteiger partial charge on any atom is -0.457 e. The Labute approximate surface area is 125 Å². The molecule has 0 aromatic heterocycles. The first-order chi connectivity index (χ1) is 9.72. The molecule has 2 N–H and O–H groups in total. The Morgan fingerprint density at radius 1 is 1.05 bits per heavy atom. The molecule has 2 aromatic rings. The van der Waals surface area contributed by atoms with Crippen LogP contribution in [0.2, 0.25) is 5.02 Å². The summed E-state index contributed by atoms with van der Waals surface area (Å²) in [4.78, 5) is 0. The molecule has 0 radical (unpaired) electrons. The van der Waals surface area contributed by atoms with Gasteiger partial charge in [0.25, 0.3) is 0 Å². The highest BCUT2D eigenvalue weighted by Gasteiger charge is 2.03. The fraction of sp³-hybridized carbons (Fsp3) is 0.294. The van der Waals surface area contributed by atoms with Gasteiger partial charge in [0, 0.05) is 11.6 Å². The van der Waals surface area contributed by atoms with Crippen molar-refractivity contribution in [2.24, 2.45) is 5.73 Å². The summed E-state index contributed by atoms with van der Waals surface area (Å²) in [7, 11) is 0. The summed E-state index contributed by atoms with van der Waals surface area (Å²) >= 11 is 6.12. The minimum atomic E-state index is 0.436. The maximum Gasteiger partial charge on any atom is 0.128 e. The van der Waals surface area contributed by atoms with E-state index in [2.05, 4.69) is 19.1 Å². The van der Waals surface area contributed by atoms with E-state index in [9.17, 15) is 0 Å². The van der Waals surface area contributed by atoms with Crippen LogP contribution in [0.3, 0.4) is 0 Å². The number of nitrogens with two attached hydrogens (primary N) is 1. The average molecular weight is 290 g/mol. The van der Waals surface area contributed by atoms with Crippen molar-refractivity contribution >= 4 is 11.6 Å². The lowest BCUT2D eigenvalue weighted by molar-refractivity contribution is 0.482. The van der Waals surface area contributed by atoms with Crippen LogP contribution in [0, 0.1) is 0 Å². The summed E-state index contributed by atoms with van der Waals surface area (Å²) in [6.45, 7) is 2.64. The third kappa shape index (κ3) is 3.99. The molecule has 0 aliphatic rings. The molecule has 0 saturated carbocycles. The molecule has 0 spiro atoms. The average Bonchev–Trinajstić information content (AvgIpc) is 2.47. The van der Waals surface area contributed by atoms with E-state index in [0.717, 1.165) is 23.5 Å². The van der Waals surface area contributed by atoms with E-state index >= 15 is 0 Å². The van der Waals surface area contributed by atoms with Crippen molar-refractivity contribution < 1.29 is 4.74 Å². The monoisotopic (exact) mass is 289 g/mol. The largest absolute Gasteiger partial charge is 0.457 e. The molecular formula is C17H20ClNO. The highest BCUT2D eigenvalue weighted by molar-refractivity contribution is 6.31. The Morgan fingerprint density at radius 3 is 2.35 bits per heavy atom. The van der Waals surface area contributed by atoms with E-state index in [4.69, 9.17) is 22.1 Å². The van der Waals surface area contributed by atoms with Crippen molar-refractivity contribution in [1.82, 2.24) is 0 Å². The molecule has 106 valence electrons. The quantitative estimate of drug-likeness (QED) is 0.818. The van der Waals surface area contributed by atoms with Gasteiger partial charge < -0.3 is 10.5 Å². The zero-order valence-electron chi connectivity index (χ0n) is 11.7. The normalized spacial score (nSPS) is 10.6. The minimum absolute atomic E-state index is 0.436. The zero-order chi connectivity index (χ0) is 14.4. The fourth-order valence-corrected chi connectivity index (χ4v) is 2.25. The number of hydrogen-bond donors (Lipinski definition) is 1. The van der Waals surface area contributed by atoms with Crippen molar-refractivity contribution in [2.75, 3.05) is 0 Å². The fourth-order valence-electron chi connectivity index (χ4n) is 2.00. The van der Waals surface area contributed by atoms with Crippen molar-refractivity contribution in [1.29, 1.82) is 0 Å². The van der Waals surface area contributed by atoms with Crippen LogP contribution in [0.15, 0.2) is 42.5 Å². The van der Waals surface area contributed by atoms with E-state index in [0.29, 0.717) is 11.6 Å². The summed E-state index contributed by atoms with van der Waals surface area (Å²) < 4.78 is 5.79. The predicted octanol–water partition coefficient (Wildman–Crippen LogP) is 4.93. The summed E-state index contributed by atoms with van der Waals surface area (Å²) in [5, 5.41) is 0.643. The lowest BCUT2D eigenvalue weighted by atomic mass is 10.1. The van der Waals surface area contributed by atoms with E-state index in [1.165, 1.54) is 18.4 Å². The van der Waals surface area contributed by atoms with Gasteiger partial charge in [-0.05, 0) is 48.2 Å². The molecule has 0 heterocycles. The first-order valence-corrected chi connectivity index (χ1v) is 7.36. The Balaban J connectivity index is 2.04. The molecule has 0 fully saturated rings. The number of benzene rings is 2. The molecule has 0 unspecified atom stereocenters. The molecule has 0 bridgehead atoms. The molecule has 3 heteroatoms. The van der Waals surface area contributed by atoms with Gasteiger partial charge in [0.1, 0.15) is 11.5 Å². The Hall–Kier alpha value is -1.51. The van der Waals surface area contributed by atoms with Crippen molar-refractivity contribution in [3.63, 3.8) is 0 Å². The molecule has 0 amide bonds. The summed E-state index contributed by atoms with van der Waals surface area (Å²) in [6, 6.07) is 13.8. The molecule has 20 heavy (non-hydrogen) atoms. The van der Waals surface area contributed by atoms with Crippen LogP contribution in [0.1, 0.15) is 30.9 Å². The topological polar surface area (TPSA) is 35.2 Å². The zero-order valence-corrected chi connectivity index (χ0v) is 12.5. The van der Waals surface area contributed by atoms with Crippen LogP contribution in [0.4, 0.5) is 0 Å². The van der Waals surface area contributed by atoms with E-state index in [1.54, 1.807) is 6.07 Å². The lowest BCUT2D eigenvalue weighted by Crippen LogP contribution is -1.97. The number of hydrogen-bond acceptors (Lipinski definition) is 2. The van der Waals surface area contributed by atoms with Crippen molar-refractivity contribution in [3.05, 3.63) is 58.6 Å². The molecule has 2 rings (SSSR count). The molecule has 0 aliphatic carbocycles. The van der Waals surface area contributed by atoms with Gasteiger partial charge in [-0.25, -0.2) is 0 Å². The van der Waals surface area contributed by atoms with Gasteiger partial charge in [0.05, 0.1) is 0 Å². The molecule has 2 aromatic carbocycles. The first-order valence-electron chi connectivity index (χ1n) is 6.98. The number of unbranched alkanes of at least 4 members (excludes halogenated alkanes) is 1. The Bertz CT molecular complexity index is 551. The van der Waals surface area contributed by atoms with Gasteiger partial charge in [-0.2, -0.15) is 0 Å². The maximum atomic E-state index is 6.12. The van der Waals surface area contributed by atoms with Gasteiger partial charge in [0.15, 0.2) is 0 Å². The van der Waals surface area contributed by atoms with Crippen LogP contribution >= 0.6 is 11.6 Å². The molecular weight excluding hydrogens is 270 g/mol. The molecule has 2 nitrogen and oxygen atoms in total. The standard InChI is InChI=1S/C17H20ClNO/c1-2-3-4-13-5-8-15(9-6-13)20-16-10-7-14(12-19)17(18)11-16/h5-11H,2-4,12,19H2,1H3. The van der Waals surface area contributed by atoms with Crippen LogP contribution < -0.4 is 10.5 Å². The highest BCUT2D eigenvalue weighted by Crippen LogP contribution is 2.27. The third-order valence-corrected chi connectivity index (χ3v) is 3.57. The molecule has 0 aliphatic heterocycles. The predicted molar refractivity (Wildman–Crippen MR) is 84.5 cm³/mol. The smallest absolute Gasteiger partial charge is 0.128 e. The second-order valence-electron chi connectivity index (χ2n) is 4.81. The Kier molecular flexibility index (Phi) is 5.45. The number of halogens is 1. The van der Waals surface area contributed by atoms with E-state index in [1.807, 2.05) is 24.3 Å². The van der Waals surface area contributed by atoms with Gasteiger partial charge in [-0.3, -0.25) is 0 Å². The second-order valence-corrected chi connectivity index (χ2v) is 5.21. The van der Waals surface area contributed by atoms with Gasteiger partial charge in [-0.15, -0.1) is 0 Å². The number of rotatable bonds is 6. The number of aryl methyl sites for hydroxylation is 1. The van der Waals surface area contributed by atoms with Crippen molar-refractivity contribution in [3.8, 4) is 11.5 Å². The molecule has 0 saturated heterocycles. The van der Waals surface area contributed by atoms with E-state index < -0.39 is 0 Å². The van der Waals surface area contributed by atoms with Crippen LogP contribution in [0.5, 0.6) is 11.5 Å². The van der Waals surface area contributed by atoms with Crippen molar-refractivity contribution in [2.45, 2.75) is 32.7 Å². The summed E-state index contributed by atoms with van der Waals surface area (Å²) in [5.74, 6) is 1.55. The van der Waals surface area contributed by atoms with Gasteiger partial charge in [0.2, 0.25) is 0 Å². The molecule has 0 atom stereocenters. The van der Waals surface area contributed by atoms with E-state index in [-0.39, 0.29) is 0 Å². The second kappa shape index (κ2) is 7.32.